The van der Waals surface area contributed by atoms with Crippen molar-refractivity contribution >= 4 is 34.9 Å². The Hall–Kier alpha value is -3.20. The van der Waals surface area contributed by atoms with E-state index in [2.05, 4.69) is 10.5 Å². The lowest BCUT2D eigenvalue weighted by molar-refractivity contribution is -0.385. The molecule has 0 aliphatic rings. The van der Waals surface area contributed by atoms with Crippen LogP contribution in [0.25, 0.3) is 0 Å². The zero-order chi connectivity index (χ0) is 17.0. The summed E-state index contributed by atoms with van der Waals surface area (Å²) in [5.41, 5.74) is 2.23. The first-order valence-corrected chi connectivity index (χ1v) is 6.46. The summed E-state index contributed by atoms with van der Waals surface area (Å²) in [4.78, 5) is 20.1. The molecule has 2 aromatic carbocycles. The maximum absolute atomic E-state index is 10.8. The molecular weight excluding hydrogens is 328 g/mol. The van der Waals surface area contributed by atoms with E-state index in [0.29, 0.717) is 5.69 Å². The highest BCUT2D eigenvalue weighted by molar-refractivity contribution is 6.31. The van der Waals surface area contributed by atoms with Gasteiger partial charge >= 0.3 is 5.69 Å². The summed E-state index contributed by atoms with van der Waals surface area (Å²) >= 11 is 5.75. The van der Waals surface area contributed by atoms with Gasteiger partial charge in [-0.05, 0) is 12.1 Å². The van der Waals surface area contributed by atoms with E-state index in [-0.39, 0.29) is 16.3 Å². The number of hydrogen-bond acceptors (Lipinski definition) is 7. The first kappa shape index (κ1) is 16.2. The van der Waals surface area contributed by atoms with Crippen molar-refractivity contribution in [2.24, 2.45) is 5.10 Å². The van der Waals surface area contributed by atoms with Crippen molar-refractivity contribution < 1.29 is 15.0 Å². The molecule has 0 spiro atoms. The van der Waals surface area contributed by atoms with Crippen LogP contribution in [0.5, 0.6) is 5.75 Å². The fourth-order valence-corrected chi connectivity index (χ4v) is 1.93. The van der Waals surface area contributed by atoms with Crippen molar-refractivity contribution in [3.63, 3.8) is 0 Å². The lowest BCUT2D eigenvalue weighted by atomic mass is 10.2. The fourth-order valence-electron chi connectivity index (χ4n) is 1.71. The van der Waals surface area contributed by atoms with Crippen LogP contribution in [0.4, 0.5) is 17.1 Å². The van der Waals surface area contributed by atoms with Crippen molar-refractivity contribution in [3.8, 4) is 5.75 Å². The minimum Gasteiger partial charge on any atom is -0.502 e. The first-order valence-electron chi connectivity index (χ1n) is 6.09. The molecule has 9 nitrogen and oxygen atoms in total. The molecular formula is C13H9ClN4O5. The molecule has 0 saturated carbocycles. The van der Waals surface area contributed by atoms with Crippen LogP contribution in [0, 0.1) is 20.2 Å². The average molecular weight is 337 g/mol. The minimum atomic E-state index is -0.771. The molecule has 10 heteroatoms. The smallest absolute Gasteiger partial charge is 0.312 e. The zero-order valence-corrected chi connectivity index (χ0v) is 12.1. The summed E-state index contributed by atoms with van der Waals surface area (Å²) in [6, 6.07) is 7.91. The van der Waals surface area contributed by atoms with Gasteiger partial charge in [-0.15, -0.1) is 0 Å². The van der Waals surface area contributed by atoms with E-state index in [0.717, 1.165) is 12.3 Å². The van der Waals surface area contributed by atoms with E-state index >= 15 is 0 Å². The van der Waals surface area contributed by atoms with Crippen molar-refractivity contribution in [1.29, 1.82) is 0 Å². The number of hydrazone groups is 1. The van der Waals surface area contributed by atoms with Gasteiger partial charge in [-0.1, -0.05) is 17.7 Å². The van der Waals surface area contributed by atoms with Crippen LogP contribution in [-0.4, -0.2) is 21.2 Å². The molecule has 0 aliphatic heterocycles. The second kappa shape index (κ2) is 6.71. The lowest BCUT2D eigenvalue weighted by Gasteiger charge is -2.02. The van der Waals surface area contributed by atoms with Crippen molar-refractivity contribution in [2.75, 3.05) is 5.43 Å². The van der Waals surface area contributed by atoms with Crippen LogP contribution in [0.3, 0.4) is 0 Å². The van der Waals surface area contributed by atoms with Gasteiger partial charge in [-0.2, -0.15) is 5.10 Å². The summed E-state index contributed by atoms with van der Waals surface area (Å²) in [7, 11) is 0. The second-order valence-corrected chi connectivity index (χ2v) is 4.73. The second-order valence-electron chi connectivity index (χ2n) is 4.30. The largest absolute Gasteiger partial charge is 0.502 e. The van der Waals surface area contributed by atoms with Gasteiger partial charge < -0.3 is 5.11 Å². The number of nitro benzene ring substituents is 2. The predicted molar refractivity (Wildman–Crippen MR) is 84.1 cm³/mol. The third-order valence-electron chi connectivity index (χ3n) is 2.74. The molecule has 0 aliphatic carbocycles. The fraction of sp³-hybridized carbons (Fsp3) is 0. The van der Waals surface area contributed by atoms with Gasteiger partial charge in [-0.25, -0.2) is 0 Å². The van der Waals surface area contributed by atoms with Crippen LogP contribution in [0.2, 0.25) is 5.02 Å². The highest BCUT2D eigenvalue weighted by atomic mass is 35.5. The van der Waals surface area contributed by atoms with Gasteiger partial charge in [0, 0.05) is 28.8 Å². The molecule has 0 fully saturated rings. The maximum atomic E-state index is 10.8. The van der Waals surface area contributed by atoms with Gasteiger partial charge in [0.25, 0.3) is 5.69 Å². The minimum absolute atomic E-state index is 0.0298. The third-order valence-corrected chi connectivity index (χ3v) is 2.95. The van der Waals surface area contributed by atoms with Crippen molar-refractivity contribution in [2.45, 2.75) is 0 Å². The molecule has 2 rings (SSSR count). The Balaban J connectivity index is 2.23. The first-order chi connectivity index (χ1) is 10.9. The highest BCUT2D eigenvalue weighted by Gasteiger charge is 2.17. The number of phenolic OH excluding ortho intramolecular Hbond substituents is 1. The van der Waals surface area contributed by atoms with Crippen LogP contribution in [0.15, 0.2) is 41.5 Å². The normalized spacial score (nSPS) is 10.7. The molecule has 0 heterocycles. The Morgan fingerprint density at radius 3 is 2.57 bits per heavy atom. The molecule has 0 bridgehead atoms. The van der Waals surface area contributed by atoms with E-state index in [1.54, 1.807) is 6.07 Å². The Kier molecular flexibility index (Phi) is 4.72. The monoisotopic (exact) mass is 336 g/mol. The average Bonchev–Trinajstić information content (AvgIpc) is 2.50. The Bertz CT molecular complexity index is 809. The number of phenols is 1. The molecule has 2 aromatic rings. The Morgan fingerprint density at radius 2 is 1.91 bits per heavy atom. The molecule has 0 aromatic heterocycles. The van der Waals surface area contributed by atoms with Gasteiger partial charge in [0.05, 0.1) is 21.7 Å². The van der Waals surface area contributed by atoms with Crippen LogP contribution in [-0.2, 0) is 0 Å². The van der Waals surface area contributed by atoms with Gasteiger partial charge in [0.1, 0.15) is 0 Å². The van der Waals surface area contributed by atoms with Crippen LogP contribution in [0.1, 0.15) is 5.56 Å². The number of aromatic hydroxyl groups is 1. The number of non-ortho nitro benzene ring substituents is 1. The summed E-state index contributed by atoms with van der Waals surface area (Å²) in [5.74, 6) is -0.580. The summed E-state index contributed by atoms with van der Waals surface area (Å²) in [6.07, 6.45) is 1.12. The molecule has 0 atom stereocenters. The van der Waals surface area contributed by atoms with E-state index in [4.69, 9.17) is 11.6 Å². The molecule has 0 unspecified atom stereocenters. The number of nitro groups is 2. The van der Waals surface area contributed by atoms with E-state index in [1.165, 1.54) is 24.3 Å². The zero-order valence-electron chi connectivity index (χ0n) is 11.3. The number of hydrogen-bond donors (Lipinski definition) is 2. The molecule has 0 saturated heterocycles. The standard InChI is InChI=1S/C13H9ClN4O5/c14-9-4-8(13(19)12(5-9)18(22)23)7-15-16-10-2-1-3-11(6-10)17(20)21/h1-7,16,19H/b15-7+. The summed E-state index contributed by atoms with van der Waals surface area (Å²) < 4.78 is 0. The molecule has 2 N–H and O–H groups in total. The van der Waals surface area contributed by atoms with Gasteiger partial charge in [0.2, 0.25) is 5.75 Å². The van der Waals surface area contributed by atoms with Crippen molar-refractivity contribution in [1.82, 2.24) is 0 Å². The molecule has 0 amide bonds. The molecule has 23 heavy (non-hydrogen) atoms. The quantitative estimate of drug-likeness (QED) is 0.489. The maximum Gasteiger partial charge on any atom is 0.312 e. The topological polar surface area (TPSA) is 131 Å². The number of nitrogens with zero attached hydrogens (tertiary/aromatic N) is 3. The van der Waals surface area contributed by atoms with Crippen LogP contribution < -0.4 is 5.43 Å². The van der Waals surface area contributed by atoms with E-state index < -0.39 is 21.3 Å². The number of nitrogens with one attached hydrogen (secondary N) is 1. The predicted octanol–water partition coefficient (Wildman–Crippen LogP) is 3.31. The van der Waals surface area contributed by atoms with Crippen LogP contribution >= 0.6 is 11.6 Å². The number of halogens is 1. The number of anilines is 1. The van der Waals surface area contributed by atoms with Crippen molar-refractivity contribution in [3.05, 3.63) is 67.2 Å². The highest BCUT2D eigenvalue weighted by Crippen LogP contribution is 2.32. The summed E-state index contributed by atoms with van der Waals surface area (Å²) in [5, 5.41) is 35.1. The van der Waals surface area contributed by atoms with Gasteiger partial charge in [-0.3, -0.25) is 25.7 Å². The number of benzene rings is 2. The van der Waals surface area contributed by atoms with E-state index in [1.807, 2.05) is 0 Å². The molecule has 0 radical (unpaired) electrons. The third kappa shape index (κ3) is 3.92. The Labute approximate surface area is 134 Å². The number of rotatable bonds is 5. The SMILES string of the molecule is O=[N+]([O-])c1cccc(N/N=C/c2cc(Cl)cc([N+](=O)[O-])c2O)c1. The van der Waals surface area contributed by atoms with Gasteiger partial charge in [0.15, 0.2) is 0 Å². The Morgan fingerprint density at radius 1 is 1.17 bits per heavy atom. The lowest BCUT2D eigenvalue weighted by Crippen LogP contribution is -1.95. The summed E-state index contributed by atoms with van der Waals surface area (Å²) in [6.45, 7) is 0. The molecule has 118 valence electrons. The van der Waals surface area contributed by atoms with E-state index in [9.17, 15) is 25.3 Å².